The first-order valence-electron chi connectivity index (χ1n) is 9.39. The molecule has 2 N–H and O–H groups in total. The molecular formula is C20H28N2O2. The normalized spacial score (nSPS) is 18.7. The van der Waals surface area contributed by atoms with Gasteiger partial charge in [0.05, 0.1) is 0 Å². The molecule has 0 aromatic heterocycles. The molecule has 0 bridgehead atoms. The number of nitrogens with one attached hydrogen (secondary N) is 2. The molecule has 1 aromatic carbocycles. The van der Waals surface area contributed by atoms with Crippen molar-refractivity contribution >= 4 is 23.2 Å². The highest BCUT2D eigenvalue weighted by molar-refractivity contribution is 5.93. The van der Waals surface area contributed by atoms with Gasteiger partial charge < -0.3 is 10.6 Å². The minimum Gasteiger partial charge on any atom is -0.326 e. The second-order valence-electron chi connectivity index (χ2n) is 7.38. The van der Waals surface area contributed by atoms with Gasteiger partial charge in [-0.2, -0.15) is 0 Å². The highest BCUT2D eigenvalue weighted by Gasteiger charge is 2.19. The number of benzene rings is 1. The molecule has 0 atom stereocenters. The quantitative estimate of drug-likeness (QED) is 0.793. The largest absolute Gasteiger partial charge is 0.326 e. The molecule has 2 aliphatic carbocycles. The molecule has 0 radical (unpaired) electrons. The third-order valence-electron chi connectivity index (χ3n) is 5.35. The van der Waals surface area contributed by atoms with Crippen LogP contribution in [0.25, 0.3) is 0 Å². The minimum atomic E-state index is 0.0971. The summed E-state index contributed by atoms with van der Waals surface area (Å²) in [6.07, 6.45) is 11.0. The van der Waals surface area contributed by atoms with Gasteiger partial charge in [0.2, 0.25) is 11.8 Å². The lowest BCUT2D eigenvalue weighted by molar-refractivity contribution is -0.117. The first kappa shape index (κ1) is 17.0. The Morgan fingerprint density at radius 3 is 1.38 bits per heavy atom. The summed E-state index contributed by atoms with van der Waals surface area (Å²) in [5.74, 6) is 1.30. The lowest BCUT2D eigenvalue weighted by Crippen LogP contribution is -2.16. The van der Waals surface area contributed by atoms with Crippen molar-refractivity contribution in [2.45, 2.75) is 64.2 Å². The van der Waals surface area contributed by atoms with E-state index in [0.717, 1.165) is 11.4 Å². The number of anilines is 2. The van der Waals surface area contributed by atoms with Crippen molar-refractivity contribution in [3.63, 3.8) is 0 Å². The van der Waals surface area contributed by atoms with E-state index in [1.54, 1.807) is 0 Å². The summed E-state index contributed by atoms with van der Waals surface area (Å²) >= 11 is 0. The second kappa shape index (κ2) is 8.32. The molecule has 0 aliphatic heterocycles. The summed E-state index contributed by atoms with van der Waals surface area (Å²) in [4.78, 5) is 24.1. The van der Waals surface area contributed by atoms with Crippen LogP contribution in [0.3, 0.4) is 0 Å². The summed E-state index contributed by atoms with van der Waals surface area (Å²) in [6.45, 7) is 0. The Kier molecular flexibility index (Phi) is 5.89. The van der Waals surface area contributed by atoms with Gasteiger partial charge in [0.1, 0.15) is 0 Å². The highest BCUT2D eigenvalue weighted by Crippen LogP contribution is 2.29. The number of rotatable bonds is 6. The molecule has 2 fully saturated rings. The maximum Gasteiger partial charge on any atom is 0.224 e. The van der Waals surface area contributed by atoms with Crippen LogP contribution < -0.4 is 10.6 Å². The zero-order chi connectivity index (χ0) is 16.8. The Labute approximate surface area is 144 Å². The van der Waals surface area contributed by atoms with E-state index >= 15 is 0 Å². The molecule has 130 valence electrons. The van der Waals surface area contributed by atoms with Crippen molar-refractivity contribution in [2.75, 3.05) is 10.6 Å². The van der Waals surface area contributed by atoms with E-state index in [1.165, 1.54) is 51.4 Å². The molecule has 0 unspecified atom stereocenters. The first-order valence-corrected chi connectivity index (χ1v) is 9.39. The van der Waals surface area contributed by atoms with Crippen LogP contribution >= 0.6 is 0 Å². The van der Waals surface area contributed by atoms with Gasteiger partial charge in [-0.15, -0.1) is 0 Å². The van der Waals surface area contributed by atoms with Gasteiger partial charge in [-0.1, -0.05) is 25.7 Å². The van der Waals surface area contributed by atoms with Crippen molar-refractivity contribution < 1.29 is 9.59 Å². The summed E-state index contributed by atoms with van der Waals surface area (Å²) in [6, 6.07) is 7.44. The van der Waals surface area contributed by atoms with Crippen LogP contribution in [0.4, 0.5) is 11.4 Å². The summed E-state index contributed by atoms with van der Waals surface area (Å²) < 4.78 is 0. The average Bonchev–Trinajstić information content (AvgIpc) is 3.23. The zero-order valence-corrected chi connectivity index (χ0v) is 14.4. The predicted molar refractivity (Wildman–Crippen MR) is 96.9 cm³/mol. The fourth-order valence-electron chi connectivity index (χ4n) is 4.01. The standard InChI is InChI=1S/C20H28N2O2/c23-19(13-15-5-1-2-6-15)21-17-9-11-18(12-10-17)22-20(24)14-16-7-3-4-8-16/h9-12,15-16H,1-8,13-14H2,(H,21,23)(H,22,24). The van der Waals surface area contributed by atoms with Crippen molar-refractivity contribution in [3.05, 3.63) is 24.3 Å². The Balaban J connectivity index is 1.44. The van der Waals surface area contributed by atoms with E-state index in [2.05, 4.69) is 10.6 Å². The number of hydrogen-bond donors (Lipinski definition) is 2. The van der Waals surface area contributed by atoms with Crippen molar-refractivity contribution in [1.82, 2.24) is 0 Å². The van der Waals surface area contributed by atoms with E-state index in [-0.39, 0.29) is 11.8 Å². The van der Waals surface area contributed by atoms with Crippen LogP contribution in [0.2, 0.25) is 0 Å². The SMILES string of the molecule is O=C(CC1CCCC1)Nc1ccc(NC(=O)CC2CCCC2)cc1. The van der Waals surface area contributed by atoms with Crippen LogP contribution in [0.5, 0.6) is 0 Å². The molecule has 2 amide bonds. The molecule has 4 heteroatoms. The number of hydrogen-bond acceptors (Lipinski definition) is 2. The Bertz CT molecular complexity index is 505. The smallest absolute Gasteiger partial charge is 0.224 e. The Morgan fingerprint density at radius 2 is 1.04 bits per heavy atom. The molecule has 4 nitrogen and oxygen atoms in total. The van der Waals surface area contributed by atoms with Gasteiger partial charge in [0.25, 0.3) is 0 Å². The average molecular weight is 328 g/mol. The number of carbonyl (C=O) groups is 2. The van der Waals surface area contributed by atoms with Gasteiger partial charge in [0, 0.05) is 24.2 Å². The lowest BCUT2D eigenvalue weighted by atomic mass is 10.0. The molecule has 0 heterocycles. The van der Waals surface area contributed by atoms with Crippen LogP contribution in [-0.2, 0) is 9.59 Å². The third kappa shape index (κ3) is 5.08. The number of amides is 2. The summed E-state index contributed by atoms with van der Waals surface area (Å²) in [7, 11) is 0. The molecule has 1 aromatic rings. The van der Waals surface area contributed by atoms with Gasteiger partial charge >= 0.3 is 0 Å². The monoisotopic (exact) mass is 328 g/mol. The molecule has 0 saturated heterocycles. The summed E-state index contributed by atoms with van der Waals surface area (Å²) in [5, 5.41) is 5.91. The molecule has 24 heavy (non-hydrogen) atoms. The van der Waals surface area contributed by atoms with Crippen LogP contribution in [0.1, 0.15) is 64.2 Å². The maximum absolute atomic E-state index is 12.0. The van der Waals surface area contributed by atoms with E-state index in [4.69, 9.17) is 0 Å². The van der Waals surface area contributed by atoms with E-state index in [0.29, 0.717) is 24.7 Å². The molecule has 0 spiro atoms. The van der Waals surface area contributed by atoms with E-state index in [9.17, 15) is 9.59 Å². The van der Waals surface area contributed by atoms with Crippen molar-refractivity contribution in [3.8, 4) is 0 Å². The number of carbonyl (C=O) groups excluding carboxylic acids is 2. The Hall–Kier alpha value is -1.84. The molecule has 3 rings (SSSR count). The lowest BCUT2D eigenvalue weighted by Gasteiger charge is -2.11. The van der Waals surface area contributed by atoms with Crippen molar-refractivity contribution in [2.24, 2.45) is 11.8 Å². The van der Waals surface area contributed by atoms with Crippen LogP contribution in [-0.4, -0.2) is 11.8 Å². The molecular weight excluding hydrogens is 300 g/mol. The highest BCUT2D eigenvalue weighted by atomic mass is 16.2. The predicted octanol–water partition coefficient (Wildman–Crippen LogP) is 4.72. The van der Waals surface area contributed by atoms with Crippen LogP contribution in [0, 0.1) is 11.8 Å². The Morgan fingerprint density at radius 1 is 0.708 bits per heavy atom. The molecule has 2 saturated carbocycles. The minimum absolute atomic E-state index is 0.0971. The second-order valence-corrected chi connectivity index (χ2v) is 7.38. The third-order valence-corrected chi connectivity index (χ3v) is 5.35. The van der Waals surface area contributed by atoms with Gasteiger partial charge in [-0.3, -0.25) is 9.59 Å². The fraction of sp³-hybridized carbons (Fsp3) is 0.600. The maximum atomic E-state index is 12.0. The van der Waals surface area contributed by atoms with Crippen LogP contribution in [0.15, 0.2) is 24.3 Å². The van der Waals surface area contributed by atoms with Gasteiger partial charge in [-0.25, -0.2) is 0 Å². The van der Waals surface area contributed by atoms with Gasteiger partial charge in [-0.05, 0) is 61.8 Å². The van der Waals surface area contributed by atoms with E-state index in [1.807, 2.05) is 24.3 Å². The summed E-state index contributed by atoms with van der Waals surface area (Å²) in [5.41, 5.74) is 1.60. The first-order chi connectivity index (χ1) is 11.7. The van der Waals surface area contributed by atoms with Gasteiger partial charge in [0.15, 0.2) is 0 Å². The fourth-order valence-corrected chi connectivity index (χ4v) is 4.01. The van der Waals surface area contributed by atoms with Crippen molar-refractivity contribution in [1.29, 1.82) is 0 Å². The van der Waals surface area contributed by atoms with E-state index < -0.39 is 0 Å². The molecule has 2 aliphatic rings. The zero-order valence-electron chi connectivity index (χ0n) is 14.4. The topological polar surface area (TPSA) is 58.2 Å².